The van der Waals surface area contributed by atoms with E-state index in [0.717, 1.165) is 19.3 Å². The van der Waals surface area contributed by atoms with E-state index in [0.29, 0.717) is 30.4 Å². The predicted octanol–water partition coefficient (Wildman–Crippen LogP) is 4.80. The lowest BCUT2D eigenvalue weighted by molar-refractivity contribution is -0.175. The molecule has 6 atom stereocenters. The van der Waals surface area contributed by atoms with Gasteiger partial charge in [0.15, 0.2) is 19.9 Å². The summed E-state index contributed by atoms with van der Waals surface area (Å²) in [5.41, 5.74) is 10.4. The van der Waals surface area contributed by atoms with Crippen LogP contribution in [0.5, 0.6) is 0 Å². The van der Waals surface area contributed by atoms with Crippen LogP contribution in [0.1, 0.15) is 86.4 Å². The second-order valence-electron chi connectivity index (χ2n) is 14.9. The van der Waals surface area contributed by atoms with Crippen molar-refractivity contribution < 1.29 is 28.2 Å². The third-order valence-electron chi connectivity index (χ3n) is 9.10. The number of carbonyl (C=O) groups excluding carboxylic acids is 1. The molecule has 4 aliphatic rings. The number of likely N-dealkylation sites (tertiary alicyclic amines) is 1. The molecule has 0 aromatic carbocycles. The van der Waals surface area contributed by atoms with Gasteiger partial charge < -0.3 is 34.5 Å². The average molecular weight is 607 g/mol. The van der Waals surface area contributed by atoms with E-state index in [1.54, 1.807) is 4.90 Å². The Hall–Kier alpha value is -2.03. The predicted molar refractivity (Wildman–Crippen MR) is 161 cm³/mol. The molecular weight excluding hydrogens is 556 g/mol. The Bertz CT molecular complexity index is 1160. The van der Waals surface area contributed by atoms with Crippen molar-refractivity contribution in [2.45, 2.75) is 141 Å². The lowest BCUT2D eigenvalue weighted by atomic mass is 9.97. The summed E-state index contributed by atoms with van der Waals surface area (Å²) in [5, 5.41) is 2.03. The number of nitrogens with zero attached hydrogens (tertiary/aromatic N) is 4. The number of hydrogen-bond acceptors (Lipinski definition) is 11. The number of carbonyl (C=O) groups is 1. The number of ether oxygens (including phenoxy) is 4. The van der Waals surface area contributed by atoms with Gasteiger partial charge in [0.05, 0.1) is 30.4 Å². The molecule has 0 saturated carbocycles. The molecule has 0 aliphatic carbocycles. The van der Waals surface area contributed by atoms with Gasteiger partial charge in [0, 0.05) is 6.61 Å². The molecule has 3 N–H and O–H groups in total. The molecule has 1 aromatic heterocycles. The van der Waals surface area contributed by atoms with Crippen molar-refractivity contribution in [1.82, 2.24) is 19.9 Å². The van der Waals surface area contributed by atoms with Crippen LogP contribution in [0, 0.1) is 0 Å². The molecule has 236 valence electrons. The summed E-state index contributed by atoms with van der Waals surface area (Å²) >= 11 is 0. The van der Waals surface area contributed by atoms with Gasteiger partial charge in [0.2, 0.25) is 0 Å². The Morgan fingerprint density at radius 3 is 2.45 bits per heavy atom. The van der Waals surface area contributed by atoms with Gasteiger partial charge >= 0.3 is 6.09 Å². The van der Waals surface area contributed by atoms with Crippen LogP contribution in [0.2, 0.25) is 18.1 Å². The van der Waals surface area contributed by atoms with Crippen molar-refractivity contribution in [3.05, 3.63) is 12.0 Å². The second kappa shape index (κ2) is 10.8. The SMILES string of the molecule is CC(C)(C)OC(=O)N1[C@H](CO[Si](C)(C)C(C)(C)C)[C@H]2OC(C)(C)O[C@H]2[C@@H]1C1c2ncnc(N)c2NN1C1CCCCO1. The highest BCUT2D eigenvalue weighted by atomic mass is 28.4. The minimum atomic E-state index is -2.18. The third kappa shape index (κ3) is 5.88. The van der Waals surface area contributed by atoms with E-state index in [2.05, 4.69) is 44.3 Å². The maximum atomic E-state index is 14.2. The van der Waals surface area contributed by atoms with Crippen LogP contribution >= 0.6 is 0 Å². The van der Waals surface area contributed by atoms with E-state index in [9.17, 15) is 4.79 Å². The van der Waals surface area contributed by atoms with Crippen LogP contribution < -0.4 is 11.2 Å². The Balaban J connectivity index is 1.61. The van der Waals surface area contributed by atoms with Crippen LogP contribution in [0.4, 0.5) is 16.3 Å². The summed E-state index contributed by atoms with van der Waals surface area (Å²) in [6.07, 6.45) is 2.67. The zero-order valence-corrected chi connectivity index (χ0v) is 27.9. The summed E-state index contributed by atoms with van der Waals surface area (Å²) in [6.45, 7) is 21.4. The number of aromatic nitrogens is 2. The number of rotatable bonds is 5. The molecule has 5 heterocycles. The molecule has 1 aromatic rings. The van der Waals surface area contributed by atoms with Crippen molar-refractivity contribution in [3.63, 3.8) is 0 Å². The molecule has 12 nitrogen and oxygen atoms in total. The summed E-state index contributed by atoms with van der Waals surface area (Å²) in [7, 11) is -2.18. The van der Waals surface area contributed by atoms with E-state index in [1.165, 1.54) is 6.33 Å². The number of amides is 1. The van der Waals surface area contributed by atoms with Crippen LogP contribution in [-0.4, -0.2) is 89.4 Å². The minimum Gasteiger partial charge on any atom is -0.444 e. The first-order chi connectivity index (χ1) is 19.4. The molecule has 13 heteroatoms. The molecule has 4 aliphatic heterocycles. The van der Waals surface area contributed by atoms with E-state index in [-0.39, 0.29) is 11.3 Å². The number of hydrazine groups is 1. The molecule has 3 saturated heterocycles. The van der Waals surface area contributed by atoms with Gasteiger partial charge in [-0.25, -0.2) is 14.8 Å². The highest BCUT2D eigenvalue weighted by molar-refractivity contribution is 6.74. The largest absolute Gasteiger partial charge is 0.444 e. The summed E-state index contributed by atoms with van der Waals surface area (Å²) < 4.78 is 32.3. The zero-order valence-electron chi connectivity index (χ0n) is 26.9. The van der Waals surface area contributed by atoms with Crippen LogP contribution in [0.15, 0.2) is 6.33 Å². The van der Waals surface area contributed by atoms with Crippen LogP contribution in [0.25, 0.3) is 0 Å². The fraction of sp³-hybridized carbons (Fsp3) is 0.828. The number of nitrogens with one attached hydrogen (secondary N) is 1. The molecule has 3 fully saturated rings. The lowest BCUT2D eigenvalue weighted by Crippen LogP contribution is -2.56. The number of nitrogen functional groups attached to an aromatic ring is 1. The summed E-state index contributed by atoms with van der Waals surface area (Å²) in [5.74, 6) is -0.516. The van der Waals surface area contributed by atoms with Gasteiger partial charge in [0.1, 0.15) is 36.1 Å². The average Bonchev–Trinajstić information content (AvgIpc) is 3.48. The standard InChI is InChI=1S/C29H50N6O6Si/c1-27(2,3)41-26(36)34-17(15-38-42(9,10)28(4,5)6)23-24(40-29(7,8)39-23)22(34)21-19-20(25(30)32-16-31-19)33-35(21)18-13-11-12-14-37-18/h16-18,21-24,33H,11-15H2,1-10H3,(H2,30,31,32)/t17-,18?,21?,22+,23-,24+/m1/s1. The van der Waals surface area contributed by atoms with E-state index >= 15 is 0 Å². The van der Waals surface area contributed by atoms with Crippen molar-refractivity contribution >= 4 is 25.9 Å². The maximum Gasteiger partial charge on any atom is 0.411 e. The molecular formula is C29H50N6O6Si. The van der Waals surface area contributed by atoms with E-state index < -0.39 is 56.1 Å². The Morgan fingerprint density at radius 2 is 1.83 bits per heavy atom. The van der Waals surface area contributed by atoms with Gasteiger partial charge in [-0.1, -0.05) is 20.8 Å². The Labute approximate surface area is 251 Å². The number of anilines is 2. The molecule has 2 unspecified atom stereocenters. The quantitative estimate of drug-likeness (QED) is 0.448. The molecule has 5 rings (SSSR count). The first-order valence-corrected chi connectivity index (χ1v) is 18.1. The van der Waals surface area contributed by atoms with Gasteiger partial charge in [0.25, 0.3) is 0 Å². The topological polar surface area (TPSA) is 134 Å². The number of nitrogens with two attached hydrogens (primary N) is 1. The Morgan fingerprint density at radius 1 is 1.14 bits per heavy atom. The highest BCUT2D eigenvalue weighted by Gasteiger charge is 2.64. The monoisotopic (exact) mass is 606 g/mol. The van der Waals surface area contributed by atoms with Crippen molar-refractivity contribution in [2.24, 2.45) is 0 Å². The first kappa shape index (κ1) is 31.4. The smallest absolute Gasteiger partial charge is 0.411 e. The van der Waals surface area contributed by atoms with Gasteiger partial charge in [-0.2, -0.15) is 5.01 Å². The zero-order chi connectivity index (χ0) is 30.8. The molecule has 0 radical (unpaired) electrons. The summed E-state index contributed by atoms with van der Waals surface area (Å²) in [4.78, 5) is 25.0. The lowest BCUT2D eigenvalue weighted by Gasteiger charge is -2.43. The molecule has 1 amide bonds. The van der Waals surface area contributed by atoms with Crippen molar-refractivity contribution in [1.29, 1.82) is 0 Å². The third-order valence-corrected chi connectivity index (χ3v) is 13.6. The highest BCUT2D eigenvalue weighted by Crippen LogP contribution is 2.51. The second-order valence-corrected chi connectivity index (χ2v) is 19.7. The maximum absolute atomic E-state index is 14.2. The van der Waals surface area contributed by atoms with Crippen LogP contribution in [-0.2, 0) is 23.4 Å². The van der Waals surface area contributed by atoms with Gasteiger partial charge in [-0.3, -0.25) is 4.90 Å². The Kier molecular flexibility index (Phi) is 8.11. The molecule has 0 spiro atoms. The normalized spacial score (nSPS) is 31.5. The summed E-state index contributed by atoms with van der Waals surface area (Å²) in [6, 6.07) is -1.47. The molecule has 42 heavy (non-hydrogen) atoms. The van der Waals surface area contributed by atoms with E-state index in [4.69, 9.17) is 34.1 Å². The fourth-order valence-corrected chi connectivity index (χ4v) is 7.13. The number of fused-ring (bicyclic) bond motifs is 2. The van der Waals surface area contributed by atoms with Crippen LogP contribution in [0.3, 0.4) is 0 Å². The van der Waals surface area contributed by atoms with Gasteiger partial charge in [-0.05, 0) is 72.0 Å². The minimum absolute atomic E-state index is 0.00859. The molecule has 0 bridgehead atoms. The fourth-order valence-electron chi connectivity index (χ4n) is 6.11. The van der Waals surface area contributed by atoms with E-state index in [1.807, 2.05) is 39.6 Å². The van der Waals surface area contributed by atoms with Crippen molar-refractivity contribution in [2.75, 3.05) is 24.4 Å². The first-order valence-electron chi connectivity index (χ1n) is 15.2. The van der Waals surface area contributed by atoms with Gasteiger partial charge in [-0.15, -0.1) is 0 Å². The number of hydrogen-bond donors (Lipinski definition) is 2. The van der Waals surface area contributed by atoms with Crippen molar-refractivity contribution in [3.8, 4) is 0 Å².